The molecule has 1 aliphatic rings. The van der Waals surface area contributed by atoms with Crippen LogP contribution in [0.5, 0.6) is 0 Å². The van der Waals surface area contributed by atoms with Crippen LogP contribution in [0.2, 0.25) is 0 Å². The number of rotatable bonds is 1. The lowest BCUT2D eigenvalue weighted by Gasteiger charge is -2.35. The summed E-state index contributed by atoms with van der Waals surface area (Å²) in [6, 6.07) is 18.0. The minimum absolute atomic E-state index is 0.0294. The lowest BCUT2D eigenvalue weighted by molar-refractivity contribution is 0.188. The summed E-state index contributed by atoms with van der Waals surface area (Å²) >= 11 is 0. The Labute approximate surface area is 119 Å². The molecule has 3 rings (SSSR count). The van der Waals surface area contributed by atoms with Gasteiger partial charge >= 0.3 is 6.03 Å². The maximum absolute atomic E-state index is 12.4. The van der Waals surface area contributed by atoms with E-state index in [1.54, 1.807) is 0 Å². The van der Waals surface area contributed by atoms with Crippen molar-refractivity contribution in [3.05, 3.63) is 65.7 Å². The van der Waals surface area contributed by atoms with Gasteiger partial charge in [-0.2, -0.15) is 0 Å². The van der Waals surface area contributed by atoms with Crippen LogP contribution in [-0.4, -0.2) is 17.5 Å². The SMILES string of the molecule is CC1c2ccccc2CCN1C(=O)Nc1ccccc1. The van der Waals surface area contributed by atoms with Crippen LogP contribution in [0.1, 0.15) is 24.1 Å². The first-order chi connectivity index (χ1) is 9.75. The van der Waals surface area contributed by atoms with Crippen LogP contribution in [0.3, 0.4) is 0 Å². The highest BCUT2D eigenvalue weighted by Gasteiger charge is 2.27. The van der Waals surface area contributed by atoms with Crippen molar-refractivity contribution in [2.24, 2.45) is 0 Å². The van der Waals surface area contributed by atoms with Gasteiger partial charge < -0.3 is 10.2 Å². The minimum atomic E-state index is -0.0294. The van der Waals surface area contributed by atoms with Crippen molar-refractivity contribution < 1.29 is 4.79 Å². The Morgan fingerprint density at radius 2 is 1.80 bits per heavy atom. The molecular formula is C17H18N2O. The predicted octanol–water partition coefficient (Wildman–Crippen LogP) is 3.84. The van der Waals surface area contributed by atoms with Gasteiger partial charge in [-0.3, -0.25) is 0 Å². The van der Waals surface area contributed by atoms with E-state index in [-0.39, 0.29) is 12.1 Å². The van der Waals surface area contributed by atoms with Crippen LogP contribution < -0.4 is 5.32 Å². The summed E-state index contributed by atoms with van der Waals surface area (Å²) in [7, 11) is 0. The maximum atomic E-state index is 12.4. The average molecular weight is 266 g/mol. The smallest absolute Gasteiger partial charge is 0.317 e. The van der Waals surface area contributed by atoms with Gasteiger partial charge in [0.05, 0.1) is 6.04 Å². The molecule has 0 saturated heterocycles. The minimum Gasteiger partial charge on any atom is -0.317 e. The van der Waals surface area contributed by atoms with E-state index < -0.39 is 0 Å². The number of hydrogen-bond donors (Lipinski definition) is 1. The summed E-state index contributed by atoms with van der Waals surface area (Å²) in [5.74, 6) is 0. The van der Waals surface area contributed by atoms with Gasteiger partial charge in [0.15, 0.2) is 0 Å². The van der Waals surface area contributed by atoms with Crippen LogP contribution in [0, 0.1) is 0 Å². The molecule has 2 amide bonds. The Morgan fingerprint density at radius 1 is 1.10 bits per heavy atom. The first-order valence-electron chi connectivity index (χ1n) is 6.96. The van der Waals surface area contributed by atoms with Gasteiger partial charge in [-0.15, -0.1) is 0 Å². The molecule has 3 nitrogen and oxygen atoms in total. The van der Waals surface area contributed by atoms with E-state index in [1.807, 2.05) is 41.3 Å². The summed E-state index contributed by atoms with van der Waals surface area (Å²) in [5.41, 5.74) is 3.44. The van der Waals surface area contributed by atoms with Crippen LogP contribution in [0.15, 0.2) is 54.6 Å². The molecule has 1 unspecified atom stereocenters. The van der Waals surface area contributed by atoms with Crippen molar-refractivity contribution in [1.29, 1.82) is 0 Å². The number of nitrogens with zero attached hydrogens (tertiary/aromatic N) is 1. The lowest BCUT2D eigenvalue weighted by atomic mass is 9.94. The molecule has 2 aromatic rings. The largest absolute Gasteiger partial charge is 0.322 e. The second-order valence-electron chi connectivity index (χ2n) is 5.11. The molecule has 1 heterocycles. The third kappa shape index (κ3) is 2.39. The van der Waals surface area contributed by atoms with Crippen molar-refractivity contribution in [3.8, 4) is 0 Å². The molecule has 0 bridgehead atoms. The Kier molecular flexibility index (Phi) is 3.42. The Hall–Kier alpha value is -2.29. The van der Waals surface area contributed by atoms with Gasteiger partial charge in [-0.1, -0.05) is 42.5 Å². The molecule has 0 saturated carbocycles. The average Bonchev–Trinajstić information content (AvgIpc) is 2.49. The normalized spacial score (nSPS) is 17.4. The molecule has 1 N–H and O–H groups in total. The van der Waals surface area contributed by atoms with Crippen LogP contribution in [-0.2, 0) is 6.42 Å². The summed E-state index contributed by atoms with van der Waals surface area (Å²) in [5, 5.41) is 2.96. The monoisotopic (exact) mass is 266 g/mol. The topological polar surface area (TPSA) is 32.3 Å². The van der Waals surface area contributed by atoms with E-state index in [1.165, 1.54) is 11.1 Å². The molecular weight excluding hydrogens is 248 g/mol. The summed E-state index contributed by atoms with van der Waals surface area (Å²) in [6.45, 7) is 2.85. The van der Waals surface area contributed by atoms with E-state index in [0.717, 1.165) is 18.7 Å². The standard InChI is InChI=1S/C17H18N2O/c1-13-16-10-6-5-7-14(16)11-12-19(13)17(20)18-15-8-3-2-4-9-15/h2-10,13H,11-12H2,1H3,(H,18,20). The highest BCUT2D eigenvalue weighted by atomic mass is 16.2. The number of nitrogens with one attached hydrogen (secondary N) is 1. The fourth-order valence-corrected chi connectivity index (χ4v) is 2.77. The van der Waals surface area contributed by atoms with E-state index in [2.05, 4.69) is 30.4 Å². The van der Waals surface area contributed by atoms with Crippen LogP contribution in [0.25, 0.3) is 0 Å². The fourth-order valence-electron chi connectivity index (χ4n) is 2.77. The quantitative estimate of drug-likeness (QED) is 0.835. The second kappa shape index (κ2) is 5.37. The Morgan fingerprint density at radius 3 is 2.60 bits per heavy atom. The van der Waals surface area contributed by atoms with Gasteiger partial charge in [0.25, 0.3) is 0 Å². The molecule has 1 atom stereocenters. The molecule has 20 heavy (non-hydrogen) atoms. The Balaban J connectivity index is 1.77. The number of benzene rings is 2. The van der Waals surface area contributed by atoms with E-state index >= 15 is 0 Å². The van der Waals surface area contributed by atoms with Crippen LogP contribution in [0.4, 0.5) is 10.5 Å². The van der Waals surface area contributed by atoms with E-state index in [0.29, 0.717) is 0 Å². The number of hydrogen-bond acceptors (Lipinski definition) is 1. The molecule has 102 valence electrons. The zero-order chi connectivity index (χ0) is 13.9. The second-order valence-corrected chi connectivity index (χ2v) is 5.11. The molecule has 0 aliphatic carbocycles. The third-order valence-corrected chi connectivity index (χ3v) is 3.88. The van der Waals surface area contributed by atoms with Crippen LogP contribution >= 0.6 is 0 Å². The first-order valence-corrected chi connectivity index (χ1v) is 6.96. The number of urea groups is 1. The Bertz CT molecular complexity index is 609. The highest BCUT2D eigenvalue weighted by Crippen LogP contribution is 2.29. The third-order valence-electron chi connectivity index (χ3n) is 3.88. The van der Waals surface area contributed by atoms with E-state index in [9.17, 15) is 4.79 Å². The van der Waals surface area contributed by atoms with E-state index in [4.69, 9.17) is 0 Å². The summed E-state index contributed by atoms with van der Waals surface area (Å²) in [4.78, 5) is 14.3. The zero-order valence-electron chi connectivity index (χ0n) is 11.5. The van der Waals surface area contributed by atoms with Gasteiger partial charge in [0, 0.05) is 12.2 Å². The number of carbonyl (C=O) groups excluding carboxylic acids is 1. The molecule has 0 radical (unpaired) electrons. The molecule has 3 heteroatoms. The number of amides is 2. The molecule has 2 aromatic carbocycles. The lowest BCUT2D eigenvalue weighted by Crippen LogP contribution is -2.41. The molecule has 0 aromatic heterocycles. The first kappa shape index (κ1) is 12.7. The fraction of sp³-hybridized carbons (Fsp3) is 0.235. The maximum Gasteiger partial charge on any atom is 0.322 e. The molecule has 0 spiro atoms. The number of anilines is 1. The van der Waals surface area contributed by atoms with Gasteiger partial charge in [0.2, 0.25) is 0 Å². The summed E-state index contributed by atoms with van der Waals surface area (Å²) < 4.78 is 0. The number of para-hydroxylation sites is 1. The van der Waals surface area contributed by atoms with Gasteiger partial charge in [0.1, 0.15) is 0 Å². The zero-order valence-corrected chi connectivity index (χ0v) is 11.5. The van der Waals surface area contributed by atoms with Gasteiger partial charge in [-0.05, 0) is 36.6 Å². The van der Waals surface area contributed by atoms with Crippen molar-refractivity contribution in [1.82, 2.24) is 4.90 Å². The highest BCUT2D eigenvalue weighted by molar-refractivity contribution is 5.89. The van der Waals surface area contributed by atoms with Crippen molar-refractivity contribution in [2.75, 3.05) is 11.9 Å². The number of carbonyl (C=O) groups is 1. The summed E-state index contributed by atoms with van der Waals surface area (Å²) in [6.07, 6.45) is 0.919. The van der Waals surface area contributed by atoms with Gasteiger partial charge in [-0.25, -0.2) is 4.79 Å². The predicted molar refractivity (Wildman–Crippen MR) is 80.7 cm³/mol. The van der Waals surface area contributed by atoms with Crippen molar-refractivity contribution in [2.45, 2.75) is 19.4 Å². The molecule has 0 fully saturated rings. The molecule has 1 aliphatic heterocycles. The van der Waals surface area contributed by atoms with Crippen molar-refractivity contribution >= 4 is 11.7 Å². The number of fused-ring (bicyclic) bond motifs is 1. The van der Waals surface area contributed by atoms with Crippen molar-refractivity contribution in [3.63, 3.8) is 0 Å².